The number of anilines is 1. The molecule has 2 rings (SSSR count). The van der Waals surface area contributed by atoms with Gasteiger partial charge in [0.25, 0.3) is 0 Å². The number of benzene rings is 2. The van der Waals surface area contributed by atoms with E-state index in [2.05, 4.69) is 10.6 Å². The first-order chi connectivity index (χ1) is 13.1. The van der Waals surface area contributed by atoms with Crippen molar-refractivity contribution in [3.05, 3.63) is 47.0 Å². The minimum absolute atomic E-state index is 0.0103. The van der Waals surface area contributed by atoms with E-state index in [0.717, 1.165) is 17.7 Å². The van der Waals surface area contributed by atoms with E-state index in [9.17, 15) is 4.79 Å². The van der Waals surface area contributed by atoms with Gasteiger partial charge in [0.1, 0.15) is 0 Å². The highest BCUT2D eigenvalue weighted by molar-refractivity contribution is 6.30. The lowest BCUT2D eigenvalue weighted by Gasteiger charge is -2.15. The van der Waals surface area contributed by atoms with Crippen LogP contribution in [-0.4, -0.2) is 40.3 Å². The largest absolute Gasteiger partial charge is 0.493 e. The van der Waals surface area contributed by atoms with Crippen molar-refractivity contribution in [2.45, 2.75) is 12.8 Å². The summed E-state index contributed by atoms with van der Waals surface area (Å²) < 4.78 is 15.9. The summed E-state index contributed by atoms with van der Waals surface area (Å²) in [6.07, 6.45) is 1.13. The molecule has 0 aliphatic heterocycles. The molecule has 0 saturated carbocycles. The van der Waals surface area contributed by atoms with Gasteiger partial charge in [-0.2, -0.15) is 0 Å². The molecule has 0 aliphatic carbocycles. The Labute approximate surface area is 164 Å². The van der Waals surface area contributed by atoms with Crippen molar-refractivity contribution in [1.82, 2.24) is 5.32 Å². The molecule has 2 aromatic carbocycles. The van der Waals surface area contributed by atoms with Crippen molar-refractivity contribution in [3.8, 4) is 17.2 Å². The fourth-order valence-corrected chi connectivity index (χ4v) is 2.72. The molecule has 0 radical (unpaired) electrons. The Bertz CT molecular complexity index is 725. The highest BCUT2D eigenvalue weighted by Gasteiger charge is 2.13. The minimum Gasteiger partial charge on any atom is -0.493 e. The fourth-order valence-electron chi connectivity index (χ4n) is 2.59. The van der Waals surface area contributed by atoms with Gasteiger partial charge in [-0.15, -0.1) is 0 Å². The van der Waals surface area contributed by atoms with E-state index in [1.54, 1.807) is 33.5 Å². The lowest BCUT2D eigenvalue weighted by atomic mass is 10.1. The fraction of sp³-hybridized carbons (Fsp3) is 0.350. The standard InChI is InChI=1S/C20H25ClN2O4/c1-25-17-12-16(13-18(26-2)20(17)27-3)22-11-9-19(24)23-10-8-14-4-6-15(21)7-5-14/h4-7,12-13,22H,8-11H2,1-3H3,(H,23,24). The maximum absolute atomic E-state index is 12.0. The van der Waals surface area contributed by atoms with Gasteiger partial charge in [-0.25, -0.2) is 0 Å². The summed E-state index contributed by atoms with van der Waals surface area (Å²) in [6.45, 7) is 1.08. The number of rotatable bonds is 10. The summed E-state index contributed by atoms with van der Waals surface area (Å²) in [4.78, 5) is 12.0. The summed E-state index contributed by atoms with van der Waals surface area (Å²) >= 11 is 5.86. The van der Waals surface area contributed by atoms with Gasteiger partial charge in [0.2, 0.25) is 11.7 Å². The molecule has 0 fully saturated rings. The predicted molar refractivity (Wildman–Crippen MR) is 107 cm³/mol. The zero-order valence-corrected chi connectivity index (χ0v) is 16.6. The highest BCUT2D eigenvalue weighted by Crippen LogP contribution is 2.39. The van der Waals surface area contributed by atoms with Gasteiger partial charge in [-0.3, -0.25) is 4.79 Å². The predicted octanol–water partition coefficient (Wildman–Crippen LogP) is 3.53. The van der Waals surface area contributed by atoms with E-state index >= 15 is 0 Å². The smallest absolute Gasteiger partial charge is 0.221 e. The van der Waals surface area contributed by atoms with E-state index in [1.165, 1.54) is 0 Å². The van der Waals surface area contributed by atoms with Gasteiger partial charge in [-0.1, -0.05) is 23.7 Å². The molecule has 146 valence electrons. The normalized spacial score (nSPS) is 10.2. The molecule has 0 unspecified atom stereocenters. The van der Waals surface area contributed by atoms with Crippen LogP contribution in [0.25, 0.3) is 0 Å². The van der Waals surface area contributed by atoms with Gasteiger partial charge >= 0.3 is 0 Å². The van der Waals surface area contributed by atoms with Crippen molar-refractivity contribution in [3.63, 3.8) is 0 Å². The second-order valence-corrected chi connectivity index (χ2v) is 6.25. The third-order valence-corrected chi connectivity index (χ3v) is 4.25. The van der Waals surface area contributed by atoms with E-state index in [-0.39, 0.29) is 5.91 Å². The minimum atomic E-state index is -0.0103. The first kappa shape index (κ1) is 20.7. The molecule has 6 nitrogen and oxygen atoms in total. The quantitative estimate of drug-likeness (QED) is 0.647. The number of amides is 1. The van der Waals surface area contributed by atoms with Crippen LogP contribution in [0, 0.1) is 0 Å². The Morgan fingerprint density at radius 1 is 0.963 bits per heavy atom. The summed E-state index contributed by atoms with van der Waals surface area (Å²) in [6, 6.07) is 11.2. The summed E-state index contributed by atoms with van der Waals surface area (Å²) in [5.74, 6) is 1.65. The average molecular weight is 393 g/mol. The molecule has 2 N–H and O–H groups in total. The van der Waals surface area contributed by atoms with Crippen LogP contribution in [0.3, 0.4) is 0 Å². The zero-order chi connectivity index (χ0) is 19.6. The van der Waals surface area contributed by atoms with Gasteiger partial charge in [0.05, 0.1) is 21.3 Å². The topological polar surface area (TPSA) is 68.8 Å². The zero-order valence-electron chi connectivity index (χ0n) is 15.8. The number of carbonyl (C=O) groups excluding carboxylic acids is 1. The van der Waals surface area contributed by atoms with E-state index in [4.69, 9.17) is 25.8 Å². The molecule has 0 aliphatic rings. The molecule has 27 heavy (non-hydrogen) atoms. The third kappa shape index (κ3) is 6.25. The molecule has 0 heterocycles. The Kier molecular flexibility index (Phi) is 8.07. The Hall–Kier alpha value is -2.60. The van der Waals surface area contributed by atoms with E-state index < -0.39 is 0 Å². The first-order valence-corrected chi connectivity index (χ1v) is 9.00. The van der Waals surface area contributed by atoms with Gasteiger partial charge in [0, 0.05) is 42.4 Å². The van der Waals surface area contributed by atoms with Crippen LogP contribution in [0.5, 0.6) is 17.2 Å². The molecule has 2 aromatic rings. The summed E-state index contributed by atoms with van der Waals surface area (Å²) in [5, 5.41) is 6.82. The van der Waals surface area contributed by atoms with Crippen molar-refractivity contribution < 1.29 is 19.0 Å². The number of hydrogen-bond acceptors (Lipinski definition) is 5. The molecule has 1 amide bonds. The van der Waals surface area contributed by atoms with Gasteiger partial charge in [0.15, 0.2) is 11.5 Å². The summed E-state index contributed by atoms with van der Waals surface area (Å²) in [5.41, 5.74) is 1.92. The van der Waals surface area contributed by atoms with Crippen molar-refractivity contribution in [2.24, 2.45) is 0 Å². The van der Waals surface area contributed by atoms with Crippen LogP contribution in [-0.2, 0) is 11.2 Å². The van der Waals surface area contributed by atoms with E-state index in [1.807, 2.05) is 24.3 Å². The van der Waals surface area contributed by atoms with E-state index in [0.29, 0.717) is 41.8 Å². The van der Waals surface area contributed by atoms with Crippen molar-refractivity contribution >= 4 is 23.2 Å². The number of methoxy groups -OCH3 is 3. The number of ether oxygens (including phenoxy) is 3. The molecule has 0 saturated heterocycles. The van der Waals surface area contributed by atoms with Gasteiger partial charge in [-0.05, 0) is 24.1 Å². The summed E-state index contributed by atoms with van der Waals surface area (Å²) in [7, 11) is 4.69. The molecular weight excluding hydrogens is 368 g/mol. The Morgan fingerprint density at radius 2 is 1.59 bits per heavy atom. The molecule has 7 heteroatoms. The third-order valence-electron chi connectivity index (χ3n) is 4.00. The highest BCUT2D eigenvalue weighted by atomic mass is 35.5. The first-order valence-electron chi connectivity index (χ1n) is 8.62. The second-order valence-electron chi connectivity index (χ2n) is 5.82. The van der Waals surface area contributed by atoms with Crippen LogP contribution < -0.4 is 24.8 Å². The average Bonchev–Trinajstić information content (AvgIpc) is 2.68. The lowest BCUT2D eigenvalue weighted by Crippen LogP contribution is -2.27. The van der Waals surface area contributed by atoms with Crippen molar-refractivity contribution in [2.75, 3.05) is 39.7 Å². The Morgan fingerprint density at radius 3 is 2.15 bits per heavy atom. The Balaban J connectivity index is 1.78. The van der Waals surface area contributed by atoms with Crippen LogP contribution >= 0.6 is 11.6 Å². The van der Waals surface area contributed by atoms with Crippen LogP contribution in [0.4, 0.5) is 5.69 Å². The van der Waals surface area contributed by atoms with Crippen LogP contribution in [0.15, 0.2) is 36.4 Å². The molecule has 0 bridgehead atoms. The SMILES string of the molecule is COc1cc(NCCC(=O)NCCc2ccc(Cl)cc2)cc(OC)c1OC. The molecule has 0 atom stereocenters. The molecular formula is C20H25ClN2O4. The maximum Gasteiger partial charge on any atom is 0.221 e. The van der Waals surface area contributed by atoms with Crippen LogP contribution in [0.1, 0.15) is 12.0 Å². The maximum atomic E-state index is 12.0. The second kappa shape index (κ2) is 10.5. The lowest BCUT2D eigenvalue weighted by molar-refractivity contribution is -0.120. The van der Waals surface area contributed by atoms with Crippen molar-refractivity contribution in [1.29, 1.82) is 0 Å². The number of halogens is 1. The molecule has 0 aromatic heterocycles. The number of nitrogens with one attached hydrogen (secondary N) is 2. The van der Waals surface area contributed by atoms with Gasteiger partial charge < -0.3 is 24.8 Å². The number of hydrogen-bond donors (Lipinski definition) is 2. The van der Waals surface area contributed by atoms with Crippen LogP contribution in [0.2, 0.25) is 5.02 Å². The number of carbonyl (C=O) groups is 1. The molecule has 0 spiro atoms. The monoisotopic (exact) mass is 392 g/mol.